The van der Waals surface area contributed by atoms with E-state index in [-0.39, 0.29) is 24.6 Å². The lowest BCUT2D eigenvalue weighted by Crippen LogP contribution is -2.37. The van der Waals surface area contributed by atoms with Crippen molar-refractivity contribution in [1.82, 2.24) is 4.31 Å². The number of nitrogens with zero attached hydrogens (tertiary/aromatic N) is 1. The molecule has 0 heterocycles. The molecule has 0 N–H and O–H groups in total. The van der Waals surface area contributed by atoms with Gasteiger partial charge in [0.05, 0.1) is 11.5 Å². The van der Waals surface area contributed by atoms with E-state index in [2.05, 4.69) is 0 Å². The highest BCUT2D eigenvalue weighted by atomic mass is 35.5. The number of hydrogen-bond acceptors (Lipinski definition) is 4. The van der Waals surface area contributed by atoms with Crippen LogP contribution in [0.2, 0.25) is 5.02 Å². The van der Waals surface area contributed by atoms with Crippen molar-refractivity contribution >= 4 is 27.6 Å². The molecule has 0 saturated heterocycles. The van der Waals surface area contributed by atoms with Crippen LogP contribution in [0.1, 0.15) is 25.8 Å². The molecule has 0 aliphatic carbocycles. The van der Waals surface area contributed by atoms with Gasteiger partial charge in [-0.1, -0.05) is 24.6 Å². The van der Waals surface area contributed by atoms with Crippen LogP contribution in [0.5, 0.6) is 0 Å². The van der Waals surface area contributed by atoms with Crippen molar-refractivity contribution in [2.45, 2.75) is 32.1 Å². The molecular formula is C14H20ClNO4S. The van der Waals surface area contributed by atoms with Crippen LogP contribution in [0.15, 0.2) is 23.1 Å². The molecule has 0 amide bonds. The van der Waals surface area contributed by atoms with Crippen LogP contribution in [0.4, 0.5) is 0 Å². The van der Waals surface area contributed by atoms with E-state index in [0.717, 1.165) is 4.31 Å². The molecule has 0 aromatic heterocycles. The average molecular weight is 334 g/mol. The molecule has 1 rings (SSSR count). The van der Waals surface area contributed by atoms with E-state index in [4.69, 9.17) is 16.3 Å². The van der Waals surface area contributed by atoms with E-state index < -0.39 is 16.0 Å². The lowest BCUT2D eigenvalue weighted by molar-refractivity contribution is -0.143. The second kappa shape index (κ2) is 7.77. The van der Waals surface area contributed by atoms with Crippen LogP contribution >= 0.6 is 11.6 Å². The number of ether oxygens (including phenoxy) is 1. The summed E-state index contributed by atoms with van der Waals surface area (Å²) in [5.41, 5.74) is 0.476. The van der Waals surface area contributed by atoms with E-state index in [1.807, 2.05) is 6.92 Å². The Morgan fingerprint density at radius 2 is 2.00 bits per heavy atom. The second-order valence-electron chi connectivity index (χ2n) is 4.51. The summed E-state index contributed by atoms with van der Waals surface area (Å²) >= 11 is 5.98. The third kappa shape index (κ3) is 4.43. The van der Waals surface area contributed by atoms with Gasteiger partial charge in [0.15, 0.2) is 0 Å². The van der Waals surface area contributed by atoms with Crippen LogP contribution in [0.3, 0.4) is 0 Å². The largest absolute Gasteiger partial charge is 0.465 e. The van der Waals surface area contributed by atoms with Gasteiger partial charge >= 0.3 is 5.97 Å². The predicted octanol–water partition coefficient (Wildman–Crippen LogP) is 2.61. The van der Waals surface area contributed by atoms with Gasteiger partial charge in [0.1, 0.15) is 6.54 Å². The summed E-state index contributed by atoms with van der Waals surface area (Å²) in [5.74, 6) is -0.561. The lowest BCUT2D eigenvalue weighted by atomic mass is 10.2. The third-order valence-corrected chi connectivity index (χ3v) is 5.32. The molecule has 0 aliphatic rings. The van der Waals surface area contributed by atoms with Gasteiger partial charge in [0.2, 0.25) is 10.0 Å². The van der Waals surface area contributed by atoms with E-state index >= 15 is 0 Å². The van der Waals surface area contributed by atoms with Crippen molar-refractivity contribution in [2.24, 2.45) is 0 Å². The maximum Gasteiger partial charge on any atom is 0.321 e. The first kappa shape index (κ1) is 17.9. The van der Waals surface area contributed by atoms with Gasteiger partial charge in [-0.3, -0.25) is 4.79 Å². The van der Waals surface area contributed by atoms with Crippen molar-refractivity contribution in [1.29, 1.82) is 0 Å². The molecule has 0 spiro atoms. The average Bonchev–Trinajstić information content (AvgIpc) is 2.41. The number of benzene rings is 1. The molecule has 0 fully saturated rings. The SMILES string of the molecule is CCCN(CC(=O)OCC)S(=O)(=O)c1cccc(Cl)c1C. The Kier molecular flexibility index (Phi) is 6.64. The summed E-state index contributed by atoms with van der Waals surface area (Å²) < 4.78 is 31.4. The number of hydrogen-bond donors (Lipinski definition) is 0. The minimum Gasteiger partial charge on any atom is -0.465 e. The first-order valence-electron chi connectivity index (χ1n) is 6.75. The highest BCUT2D eigenvalue weighted by Gasteiger charge is 2.28. The molecule has 5 nitrogen and oxygen atoms in total. The summed E-state index contributed by atoms with van der Waals surface area (Å²) in [6.45, 7) is 5.33. The molecular weight excluding hydrogens is 314 g/mol. The van der Waals surface area contributed by atoms with Gasteiger partial charge in [0.25, 0.3) is 0 Å². The quantitative estimate of drug-likeness (QED) is 0.719. The van der Waals surface area contributed by atoms with Crippen molar-refractivity contribution < 1.29 is 17.9 Å². The predicted molar refractivity (Wildman–Crippen MR) is 81.9 cm³/mol. The fourth-order valence-corrected chi connectivity index (χ4v) is 3.84. The van der Waals surface area contributed by atoms with Crippen molar-refractivity contribution in [3.63, 3.8) is 0 Å². The highest BCUT2D eigenvalue weighted by molar-refractivity contribution is 7.89. The molecule has 0 aliphatic heterocycles. The number of carbonyl (C=O) groups excluding carboxylic acids is 1. The summed E-state index contributed by atoms with van der Waals surface area (Å²) in [6, 6.07) is 4.70. The van der Waals surface area contributed by atoms with E-state index in [9.17, 15) is 13.2 Å². The first-order chi connectivity index (χ1) is 9.84. The normalized spacial score (nSPS) is 11.7. The minimum atomic E-state index is -3.78. The Balaban J connectivity index is 3.15. The van der Waals surface area contributed by atoms with E-state index in [1.165, 1.54) is 6.07 Å². The first-order valence-corrected chi connectivity index (χ1v) is 8.57. The molecule has 0 saturated carbocycles. The summed E-state index contributed by atoms with van der Waals surface area (Å²) in [5, 5.41) is 0.378. The zero-order valence-corrected chi connectivity index (χ0v) is 14.0. The topological polar surface area (TPSA) is 63.7 Å². The van der Waals surface area contributed by atoms with Crippen molar-refractivity contribution in [3.8, 4) is 0 Å². The fraction of sp³-hybridized carbons (Fsp3) is 0.500. The Labute approximate surface area is 130 Å². The number of sulfonamides is 1. The molecule has 1 aromatic carbocycles. The summed E-state index contributed by atoms with van der Waals surface area (Å²) in [6.07, 6.45) is 0.595. The van der Waals surface area contributed by atoms with Gasteiger partial charge in [-0.25, -0.2) is 8.42 Å². The number of esters is 1. The van der Waals surface area contributed by atoms with E-state index in [0.29, 0.717) is 17.0 Å². The standard InChI is InChI=1S/C14H20ClNO4S/c1-4-9-16(10-14(17)20-5-2)21(18,19)13-8-6-7-12(15)11(13)3/h6-8H,4-5,9-10H2,1-3H3. The van der Waals surface area contributed by atoms with Crippen LogP contribution < -0.4 is 0 Å². The number of carbonyl (C=O) groups is 1. The summed E-state index contributed by atoms with van der Waals surface area (Å²) in [4.78, 5) is 11.7. The number of rotatable bonds is 7. The fourth-order valence-electron chi connectivity index (χ4n) is 1.89. The molecule has 0 atom stereocenters. The maximum atomic E-state index is 12.7. The highest BCUT2D eigenvalue weighted by Crippen LogP contribution is 2.25. The molecule has 1 aromatic rings. The monoisotopic (exact) mass is 333 g/mol. The van der Waals surface area contributed by atoms with Crippen LogP contribution in [-0.2, 0) is 19.6 Å². The van der Waals surface area contributed by atoms with Gasteiger partial charge in [0, 0.05) is 11.6 Å². The second-order valence-corrected chi connectivity index (χ2v) is 6.82. The van der Waals surface area contributed by atoms with Crippen molar-refractivity contribution in [3.05, 3.63) is 28.8 Å². The van der Waals surface area contributed by atoms with Crippen LogP contribution in [0.25, 0.3) is 0 Å². The molecule has 118 valence electrons. The Hall–Kier alpha value is -1.11. The minimum absolute atomic E-state index is 0.118. The molecule has 0 bridgehead atoms. The Morgan fingerprint density at radius 3 is 2.57 bits per heavy atom. The number of halogens is 1. The Bertz CT molecular complexity index is 601. The Morgan fingerprint density at radius 1 is 1.33 bits per heavy atom. The zero-order chi connectivity index (χ0) is 16.0. The van der Waals surface area contributed by atoms with Gasteiger partial charge in [-0.2, -0.15) is 4.31 Å². The van der Waals surface area contributed by atoms with Gasteiger partial charge in [-0.15, -0.1) is 0 Å². The molecule has 7 heteroatoms. The molecule has 0 radical (unpaired) electrons. The van der Waals surface area contributed by atoms with Crippen molar-refractivity contribution in [2.75, 3.05) is 19.7 Å². The zero-order valence-electron chi connectivity index (χ0n) is 12.4. The lowest BCUT2D eigenvalue weighted by Gasteiger charge is -2.22. The van der Waals surface area contributed by atoms with Gasteiger partial charge < -0.3 is 4.74 Å². The molecule has 0 unspecified atom stereocenters. The third-order valence-electron chi connectivity index (χ3n) is 2.92. The molecule has 21 heavy (non-hydrogen) atoms. The van der Waals surface area contributed by atoms with Crippen LogP contribution in [0, 0.1) is 6.92 Å². The summed E-state index contributed by atoms with van der Waals surface area (Å²) in [7, 11) is -3.78. The van der Waals surface area contributed by atoms with E-state index in [1.54, 1.807) is 26.0 Å². The van der Waals surface area contributed by atoms with Gasteiger partial charge in [-0.05, 0) is 38.0 Å². The van der Waals surface area contributed by atoms with Crippen LogP contribution in [-0.4, -0.2) is 38.4 Å². The maximum absolute atomic E-state index is 12.7. The smallest absolute Gasteiger partial charge is 0.321 e.